The Morgan fingerprint density at radius 3 is 2.26 bits per heavy atom. The normalized spacial score (nSPS) is 10.6. The van der Waals surface area contributed by atoms with Gasteiger partial charge in [-0.25, -0.2) is 14.2 Å². The van der Waals surface area contributed by atoms with Crippen LogP contribution in [0.3, 0.4) is 0 Å². The zero-order valence-electron chi connectivity index (χ0n) is 23.6. The fourth-order valence-corrected chi connectivity index (χ4v) is 4.32. The van der Waals surface area contributed by atoms with Gasteiger partial charge in [-0.15, -0.1) is 0 Å². The van der Waals surface area contributed by atoms with Crippen molar-refractivity contribution in [1.29, 1.82) is 0 Å². The average Bonchev–Trinajstić information content (AvgIpc) is 3.30. The Labute approximate surface area is 228 Å². The zero-order valence-corrected chi connectivity index (χ0v) is 23.6. The topological polar surface area (TPSA) is 108 Å². The molecule has 0 aliphatic heterocycles. The van der Waals surface area contributed by atoms with Crippen LogP contribution >= 0.6 is 0 Å². The number of carbonyl (C=O) groups excluding carboxylic acids is 2. The number of carbonyl (C=O) groups is 2. The van der Waals surface area contributed by atoms with Crippen molar-refractivity contribution < 1.29 is 14.3 Å². The summed E-state index contributed by atoms with van der Waals surface area (Å²) in [5.41, 5.74) is 5.26. The van der Waals surface area contributed by atoms with Crippen molar-refractivity contribution in [2.45, 2.75) is 60.4 Å². The predicted molar refractivity (Wildman–Crippen MR) is 152 cm³/mol. The van der Waals surface area contributed by atoms with Gasteiger partial charge in [-0.2, -0.15) is 10.2 Å². The van der Waals surface area contributed by atoms with Gasteiger partial charge < -0.3 is 10.1 Å². The minimum absolute atomic E-state index is 0.0866. The molecule has 0 spiro atoms. The molecule has 206 valence electrons. The molecule has 0 unspecified atom stereocenters. The standard InChI is InChI=1S/C28H31N5O4.C2H6/c1-18-7-13-23(14-8-18)33-20(3)25-19(2)30-32(27(35)26(25)31-33)17-5-6-24(34)29-16-15-21-9-11-22(12-10-21)28(36)37-4;1-2/h7-14H,5-6,15-17H2,1-4H3,(H,29,34);1-2H3. The molecular formula is C30H37N5O4. The van der Waals surface area contributed by atoms with Crippen molar-refractivity contribution in [3.8, 4) is 5.69 Å². The van der Waals surface area contributed by atoms with Gasteiger partial charge >= 0.3 is 5.97 Å². The van der Waals surface area contributed by atoms with Crippen LogP contribution in [0.4, 0.5) is 0 Å². The molecule has 0 saturated carbocycles. The van der Waals surface area contributed by atoms with E-state index in [4.69, 9.17) is 4.74 Å². The molecule has 2 heterocycles. The molecule has 9 heteroatoms. The number of fused-ring (bicyclic) bond motifs is 1. The molecule has 0 fully saturated rings. The maximum atomic E-state index is 13.1. The SMILES string of the molecule is CC.COC(=O)c1ccc(CCNC(=O)CCCn2nc(C)c3c(C)n(-c4ccc(C)cc4)nc3c2=O)cc1. The first-order valence-corrected chi connectivity index (χ1v) is 13.3. The second-order valence-corrected chi connectivity index (χ2v) is 9.06. The Kier molecular flexibility index (Phi) is 10.1. The summed E-state index contributed by atoms with van der Waals surface area (Å²) in [6.07, 6.45) is 1.41. The van der Waals surface area contributed by atoms with Crippen LogP contribution < -0.4 is 10.9 Å². The summed E-state index contributed by atoms with van der Waals surface area (Å²) in [6.45, 7) is 10.6. The summed E-state index contributed by atoms with van der Waals surface area (Å²) in [6, 6.07) is 15.1. The van der Waals surface area contributed by atoms with Crippen molar-refractivity contribution in [3.63, 3.8) is 0 Å². The summed E-state index contributed by atoms with van der Waals surface area (Å²) in [4.78, 5) is 36.9. The average molecular weight is 532 g/mol. The maximum Gasteiger partial charge on any atom is 0.337 e. The number of nitrogens with one attached hydrogen (secondary N) is 1. The second-order valence-electron chi connectivity index (χ2n) is 9.06. The van der Waals surface area contributed by atoms with Crippen LogP contribution in [-0.4, -0.2) is 45.1 Å². The number of aryl methyl sites for hydroxylation is 4. The minimum Gasteiger partial charge on any atom is -0.465 e. The summed E-state index contributed by atoms with van der Waals surface area (Å²) in [5.74, 6) is -0.464. The third-order valence-corrected chi connectivity index (χ3v) is 6.35. The fraction of sp³-hybridized carbons (Fsp3) is 0.367. The van der Waals surface area contributed by atoms with Gasteiger partial charge in [-0.05, 0) is 63.4 Å². The first-order chi connectivity index (χ1) is 18.8. The first kappa shape index (κ1) is 29.3. The Morgan fingerprint density at radius 1 is 0.949 bits per heavy atom. The smallest absolute Gasteiger partial charge is 0.337 e. The minimum atomic E-state index is -0.377. The highest BCUT2D eigenvalue weighted by Gasteiger charge is 2.17. The van der Waals surface area contributed by atoms with Gasteiger partial charge in [-0.3, -0.25) is 9.59 Å². The fourth-order valence-electron chi connectivity index (χ4n) is 4.32. The van der Waals surface area contributed by atoms with E-state index in [1.807, 2.05) is 71.0 Å². The Balaban J connectivity index is 0.00000205. The lowest BCUT2D eigenvalue weighted by molar-refractivity contribution is -0.121. The number of aromatic nitrogens is 4. The molecule has 2 aromatic carbocycles. The summed E-state index contributed by atoms with van der Waals surface area (Å²) in [5, 5.41) is 12.8. The Morgan fingerprint density at radius 2 is 1.62 bits per heavy atom. The highest BCUT2D eigenvalue weighted by atomic mass is 16.5. The van der Waals surface area contributed by atoms with E-state index < -0.39 is 0 Å². The van der Waals surface area contributed by atoms with Gasteiger partial charge in [0, 0.05) is 19.5 Å². The molecule has 1 amide bonds. The number of hydrogen-bond acceptors (Lipinski definition) is 6. The molecule has 2 aromatic heterocycles. The molecule has 4 rings (SSSR count). The van der Waals surface area contributed by atoms with Crippen molar-refractivity contribution in [1.82, 2.24) is 24.9 Å². The van der Waals surface area contributed by atoms with Crippen molar-refractivity contribution >= 4 is 22.8 Å². The van der Waals surface area contributed by atoms with Crippen LogP contribution in [0.5, 0.6) is 0 Å². The molecule has 9 nitrogen and oxygen atoms in total. The van der Waals surface area contributed by atoms with Crippen LogP contribution in [0, 0.1) is 20.8 Å². The summed E-state index contributed by atoms with van der Waals surface area (Å²) in [7, 11) is 1.35. The number of rotatable bonds is 9. The highest BCUT2D eigenvalue weighted by molar-refractivity contribution is 5.89. The zero-order chi connectivity index (χ0) is 28.5. The third-order valence-electron chi connectivity index (χ3n) is 6.35. The van der Waals surface area contributed by atoms with Crippen molar-refractivity contribution in [2.24, 2.45) is 0 Å². The van der Waals surface area contributed by atoms with E-state index in [1.54, 1.807) is 16.8 Å². The van der Waals surface area contributed by atoms with E-state index in [1.165, 1.54) is 11.8 Å². The molecule has 0 bridgehead atoms. The first-order valence-electron chi connectivity index (χ1n) is 13.3. The number of methoxy groups -OCH3 is 1. The molecule has 39 heavy (non-hydrogen) atoms. The molecule has 0 aliphatic rings. The Bertz CT molecular complexity index is 1490. The monoisotopic (exact) mass is 531 g/mol. The molecule has 0 saturated heterocycles. The quantitative estimate of drug-likeness (QED) is 0.320. The molecule has 0 radical (unpaired) electrons. The van der Waals surface area contributed by atoms with Gasteiger partial charge in [0.15, 0.2) is 5.52 Å². The highest BCUT2D eigenvalue weighted by Crippen LogP contribution is 2.21. The van der Waals surface area contributed by atoms with Crippen molar-refractivity contribution in [2.75, 3.05) is 13.7 Å². The second kappa shape index (κ2) is 13.5. The maximum absolute atomic E-state index is 13.1. The molecule has 0 aliphatic carbocycles. The van der Waals surface area contributed by atoms with Crippen LogP contribution in [0.2, 0.25) is 0 Å². The number of hydrogen-bond donors (Lipinski definition) is 1. The van der Waals surface area contributed by atoms with Gasteiger partial charge in [-0.1, -0.05) is 43.7 Å². The predicted octanol–water partition coefficient (Wildman–Crippen LogP) is 4.46. The molecule has 4 aromatic rings. The lowest BCUT2D eigenvalue weighted by atomic mass is 10.1. The van der Waals surface area contributed by atoms with E-state index >= 15 is 0 Å². The van der Waals surface area contributed by atoms with E-state index in [0.717, 1.165) is 33.6 Å². The van der Waals surface area contributed by atoms with E-state index in [0.29, 0.717) is 37.0 Å². The van der Waals surface area contributed by atoms with Crippen LogP contribution in [0.25, 0.3) is 16.6 Å². The molecule has 0 atom stereocenters. The van der Waals surface area contributed by atoms with Gasteiger partial charge in [0.25, 0.3) is 5.56 Å². The summed E-state index contributed by atoms with van der Waals surface area (Å²) >= 11 is 0. The van der Waals surface area contributed by atoms with Gasteiger partial charge in [0.2, 0.25) is 5.91 Å². The van der Waals surface area contributed by atoms with Crippen LogP contribution in [-0.2, 0) is 22.5 Å². The number of nitrogens with zero attached hydrogens (tertiary/aromatic N) is 4. The van der Waals surface area contributed by atoms with E-state index in [2.05, 4.69) is 15.5 Å². The lowest BCUT2D eigenvalue weighted by Crippen LogP contribution is -2.27. The van der Waals surface area contributed by atoms with Crippen LogP contribution in [0.1, 0.15) is 59.6 Å². The number of esters is 1. The summed E-state index contributed by atoms with van der Waals surface area (Å²) < 4.78 is 7.88. The number of amides is 1. The molecular weight excluding hydrogens is 494 g/mol. The van der Waals surface area contributed by atoms with Gasteiger partial charge in [0.05, 0.1) is 35.1 Å². The number of ether oxygens (including phenoxy) is 1. The lowest BCUT2D eigenvalue weighted by Gasteiger charge is -2.08. The van der Waals surface area contributed by atoms with E-state index in [-0.39, 0.29) is 23.9 Å². The molecule has 1 N–H and O–H groups in total. The number of benzene rings is 2. The van der Waals surface area contributed by atoms with Crippen LogP contribution in [0.15, 0.2) is 53.3 Å². The third kappa shape index (κ3) is 6.98. The largest absolute Gasteiger partial charge is 0.465 e. The van der Waals surface area contributed by atoms with E-state index in [9.17, 15) is 14.4 Å². The van der Waals surface area contributed by atoms with Gasteiger partial charge in [0.1, 0.15) is 0 Å². The van der Waals surface area contributed by atoms with Crippen molar-refractivity contribution in [3.05, 3.63) is 87.0 Å². The Hall–Kier alpha value is -4.27.